The van der Waals surface area contributed by atoms with Crippen molar-refractivity contribution in [2.75, 3.05) is 20.1 Å². The van der Waals surface area contributed by atoms with Crippen molar-refractivity contribution in [3.8, 4) is 0 Å². The minimum absolute atomic E-state index is 0.114. The lowest BCUT2D eigenvalue weighted by molar-refractivity contribution is -0.137. The minimum atomic E-state index is -1.08. The second-order valence-electron chi connectivity index (χ2n) is 4.11. The number of amides is 3. The highest BCUT2D eigenvalue weighted by Gasteiger charge is 2.12. The number of likely N-dealkylation sites (N-methyl/N-ethyl adjacent to an activating group) is 1. The fourth-order valence-electron chi connectivity index (χ4n) is 1.14. The summed E-state index contributed by atoms with van der Waals surface area (Å²) in [4.78, 5) is 34.1. The lowest BCUT2D eigenvalue weighted by Gasteiger charge is -2.16. The molecule has 0 aromatic heterocycles. The lowest BCUT2D eigenvalue weighted by Crippen LogP contribution is -2.42. The third-order valence-electron chi connectivity index (χ3n) is 2.37. The van der Waals surface area contributed by atoms with Crippen molar-refractivity contribution in [3.05, 3.63) is 0 Å². The number of carbonyl (C=O) groups excluding carboxylic acids is 2. The van der Waals surface area contributed by atoms with Gasteiger partial charge in [-0.2, -0.15) is 0 Å². The van der Waals surface area contributed by atoms with Gasteiger partial charge in [-0.15, -0.1) is 0 Å². The molecule has 0 aliphatic carbocycles. The topological polar surface area (TPSA) is 98.7 Å². The Morgan fingerprint density at radius 3 is 2.44 bits per heavy atom. The molecule has 1 atom stereocenters. The zero-order valence-electron chi connectivity index (χ0n) is 11.0. The summed E-state index contributed by atoms with van der Waals surface area (Å²) in [7, 11) is 1.38. The number of carboxylic acids is 1. The van der Waals surface area contributed by atoms with Crippen LogP contribution in [0.15, 0.2) is 0 Å². The molecule has 0 aliphatic heterocycles. The van der Waals surface area contributed by atoms with Crippen molar-refractivity contribution >= 4 is 17.9 Å². The van der Waals surface area contributed by atoms with E-state index in [2.05, 4.69) is 10.6 Å². The molecule has 0 aliphatic rings. The van der Waals surface area contributed by atoms with Gasteiger partial charge in [-0.3, -0.25) is 9.59 Å². The van der Waals surface area contributed by atoms with Crippen LogP contribution in [0.4, 0.5) is 4.79 Å². The number of nitrogens with zero attached hydrogens (tertiary/aromatic N) is 1. The third kappa shape index (κ3) is 7.48. The quantitative estimate of drug-likeness (QED) is 0.600. The first-order valence-electron chi connectivity index (χ1n) is 5.87. The number of hydrogen-bond acceptors (Lipinski definition) is 3. The van der Waals surface area contributed by atoms with Gasteiger partial charge in [0.1, 0.15) is 6.54 Å². The van der Waals surface area contributed by atoms with E-state index in [4.69, 9.17) is 5.11 Å². The summed E-state index contributed by atoms with van der Waals surface area (Å²) in [6.07, 6.45) is 1.02. The van der Waals surface area contributed by atoms with E-state index < -0.39 is 12.0 Å². The molecule has 0 radical (unpaired) electrons. The molecule has 0 spiro atoms. The van der Waals surface area contributed by atoms with Crippen LogP contribution >= 0.6 is 0 Å². The number of carboxylic acid groups (broad SMARTS) is 1. The van der Waals surface area contributed by atoms with Gasteiger partial charge in [0.2, 0.25) is 5.91 Å². The molecule has 3 N–H and O–H groups in total. The Bertz CT molecular complexity index is 307. The summed E-state index contributed by atoms with van der Waals surface area (Å²) in [5.74, 6) is -1.22. The average molecular weight is 259 g/mol. The molecule has 104 valence electrons. The molecule has 0 heterocycles. The molecule has 0 aromatic rings. The van der Waals surface area contributed by atoms with Crippen LogP contribution in [0.1, 0.15) is 26.7 Å². The molecule has 7 nitrogen and oxygen atoms in total. The maximum Gasteiger partial charge on any atom is 0.323 e. The highest BCUT2D eigenvalue weighted by Crippen LogP contribution is 1.90. The number of hydrogen-bond donors (Lipinski definition) is 3. The van der Waals surface area contributed by atoms with Gasteiger partial charge in [0.25, 0.3) is 0 Å². The van der Waals surface area contributed by atoms with Gasteiger partial charge in [-0.25, -0.2) is 4.79 Å². The van der Waals surface area contributed by atoms with Crippen molar-refractivity contribution in [2.45, 2.75) is 32.7 Å². The summed E-state index contributed by atoms with van der Waals surface area (Å²) in [5, 5.41) is 13.7. The van der Waals surface area contributed by atoms with Crippen LogP contribution in [-0.2, 0) is 9.59 Å². The maximum atomic E-state index is 11.4. The molecular weight excluding hydrogens is 238 g/mol. The van der Waals surface area contributed by atoms with E-state index >= 15 is 0 Å². The van der Waals surface area contributed by atoms with Crippen molar-refractivity contribution in [3.63, 3.8) is 0 Å². The van der Waals surface area contributed by atoms with Crippen LogP contribution in [0.2, 0.25) is 0 Å². The van der Waals surface area contributed by atoms with Gasteiger partial charge in [0, 0.05) is 26.1 Å². The highest BCUT2D eigenvalue weighted by atomic mass is 16.4. The van der Waals surface area contributed by atoms with E-state index in [0.29, 0.717) is 0 Å². The zero-order valence-corrected chi connectivity index (χ0v) is 11.0. The van der Waals surface area contributed by atoms with Gasteiger partial charge >= 0.3 is 12.0 Å². The van der Waals surface area contributed by atoms with Crippen LogP contribution in [0, 0.1) is 0 Å². The van der Waals surface area contributed by atoms with Gasteiger partial charge < -0.3 is 20.6 Å². The number of carbonyl (C=O) groups is 3. The molecule has 3 amide bonds. The molecule has 0 aromatic carbocycles. The Hall–Kier alpha value is -1.79. The summed E-state index contributed by atoms with van der Waals surface area (Å²) in [6, 6.07) is -0.392. The molecule has 1 unspecified atom stereocenters. The molecular formula is C11H21N3O4. The number of aliphatic carboxylic acids is 1. The van der Waals surface area contributed by atoms with E-state index in [1.54, 1.807) is 0 Å². The first-order valence-corrected chi connectivity index (χ1v) is 5.87. The highest BCUT2D eigenvalue weighted by molar-refractivity contribution is 5.81. The first kappa shape index (κ1) is 16.2. The predicted molar refractivity (Wildman–Crippen MR) is 66.2 cm³/mol. The maximum absolute atomic E-state index is 11.4. The Morgan fingerprint density at radius 1 is 1.33 bits per heavy atom. The van der Waals surface area contributed by atoms with Crippen molar-refractivity contribution in [2.24, 2.45) is 0 Å². The van der Waals surface area contributed by atoms with Crippen molar-refractivity contribution < 1.29 is 19.5 Å². The van der Waals surface area contributed by atoms with E-state index in [1.165, 1.54) is 7.05 Å². The van der Waals surface area contributed by atoms with Crippen LogP contribution in [0.3, 0.4) is 0 Å². The summed E-state index contributed by atoms with van der Waals surface area (Å²) in [5.41, 5.74) is 0. The molecule has 18 heavy (non-hydrogen) atoms. The largest absolute Gasteiger partial charge is 0.480 e. The second kappa shape index (κ2) is 8.32. The second-order valence-corrected chi connectivity index (χ2v) is 4.11. The average Bonchev–Trinajstić information content (AvgIpc) is 2.27. The summed E-state index contributed by atoms with van der Waals surface area (Å²) in [6.45, 7) is 3.68. The Morgan fingerprint density at radius 2 is 1.94 bits per heavy atom. The smallest absolute Gasteiger partial charge is 0.323 e. The number of rotatable bonds is 7. The summed E-state index contributed by atoms with van der Waals surface area (Å²) >= 11 is 0. The fourth-order valence-corrected chi connectivity index (χ4v) is 1.14. The molecule has 0 rings (SSSR count). The van der Waals surface area contributed by atoms with Gasteiger partial charge in [0.15, 0.2) is 0 Å². The third-order valence-corrected chi connectivity index (χ3v) is 2.37. The van der Waals surface area contributed by atoms with Crippen LogP contribution in [0.25, 0.3) is 0 Å². The molecule has 0 fully saturated rings. The van der Waals surface area contributed by atoms with E-state index in [9.17, 15) is 14.4 Å². The van der Waals surface area contributed by atoms with Crippen LogP contribution < -0.4 is 10.6 Å². The standard InChI is InChI=1S/C11H21N3O4/c1-4-8(2)13-9(15)5-6-12-11(18)14(3)7-10(16)17/h8H,4-7H2,1-3H3,(H,12,18)(H,13,15)(H,16,17). The minimum Gasteiger partial charge on any atom is -0.480 e. The number of nitrogens with one attached hydrogen (secondary N) is 2. The van der Waals surface area contributed by atoms with Gasteiger partial charge in [-0.05, 0) is 13.3 Å². The van der Waals surface area contributed by atoms with Crippen LogP contribution in [-0.4, -0.2) is 54.1 Å². The Balaban J connectivity index is 3.80. The van der Waals surface area contributed by atoms with E-state index in [-0.39, 0.29) is 31.5 Å². The van der Waals surface area contributed by atoms with E-state index in [0.717, 1.165) is 11.3 Å². The lowest BCUT2D eigenvalue weighted by atomic mass is 10.2. The van der Waals surface area contributed by atoms with Gasteiger partial charge in [-0.1, -0.05) is 6.92 Å². The monoisotopic (exact) mass is 259 g/mol. The fraction of sp³-hybridized carbons (Fsp3) is 0.727. The molecule has 0 saturated heterocycles. The SMILES string of the molecule is CCC(C)NC(=O)CCNC(=O)N(C)CC(=O)O. The predicted octanol–water partition coefficient (Wildman–Crippen LogP) is 0.0172. The molecule has 0 bridgehead atoms. The summed E-state index contributed by atoms with van der Waals surface area (Å²) < 4.78 is 0. The van der Waals surface area contributed by atoms with Crippen molar-refractivity contribution in [1.29, 1.82) is 0 Å². The molecule has 7 heteroatoms. The number of urea groups is 1. The van der Waals surface area contributed by atoms with Gasteiger partial charge in [0.05, 0.1) is 0 Å². The van der Waals surface area contributed by atoms with Crippen LogP contribution in [0.5, 0.6) is 0 Å². The van der Waals surface area contributed by atoms with Crippen molar-refractivity contribution in [1.82, 2.24) is 15.5 Å². The first-order chi connectivity index (χ1) is 8.36. The normalized spacial score (nSPS) is 11.5. The Labute approximate surface area is 107 Å². The Kier molecular flexibility index (Phi) is 7.50. The van der Waals surface area contributed by atoms with E-state index in [1.807, 2.05) is 13.8 Å². The zero-order chi connectivity index (χ0) is 14.1. The molecule has 0 saturated carbocycles.